The van der Waals surface area contributed by atoms with Crippen molar-refractivity contribution < 1.29 is 42.2 Å². The van der Waals surface area contributed by atoms with Crippen LogP contribution in [0.1, 0.15) is 72.6 Å². The van der Waals surface area contributed by atoms with Crippen molar-refractivity contribution in [3.8, 4) is 22.8 Å². The van der Waals surface area contributed by atoms with Crippen molar-refractivity contribution in [1.29, 1.82) is 0 Å². The minimum atomic E-state index is -3.54. The lowest BCUT2D eigenvalue weighted by molar-refractivity contribution is -0.145. The van der Waals surface area contributed by atoms with E-state index in [9.17, 15) is 32.7 Å². The number of fused-ring (bicyclic) bond motifs is 3. The van der Waals surface area contributed by atoms with Crippen LogP contribution >= 0.6 is 0 Å². The molecule has 1 saturated heterocycles. The van der Waals surface area contributed by atoms with Gasteiger partial charge in [-0.3, -0.25) is 9.59 Å². The summed E-state index contributed by atoms with van der Waals surface area (Å²) < 4.78 is 38.7. The van der Waals surface area contributed by atoms with E-state index in [2.05, 4.69) is 16.0 Å². The van der Waals surface area contributed by atoms with Gasteiger partial charge in [-0.25, -0.2) is 27.3 Å². The number of amides is 4. The first-order chi connectivity index (χ1) is 28.4. The number of aliphatic carboxylic acids is 1. The molecule has 3 unspecified atom stereocenters. The molecule has 0 radical (unpaired) electrons. The summed E-state index contributed by atoms with van der Waals surface area (Å²) in [6.07, 6.45) is 6.47. The lowest BCUT2D eigenvalue weighted by Crippen LogP contribution is -2.59. The molecule has 60 heavy (non-hydrogen) atoms. The molecular formula is C44H58N6O9S. The smallest absolute Gasteiger partial charge is 0.330 e. The SMILES string of the molecule is CCS(=O)(=O)N(C)CC(NC(=O)N[C@H]1CCCCC/C=C\C2C[C@@]2(C(=O)O)NC(=O)[C@@H]2CC(Oc3cc(-c4ccccc4)nc4cc(OC)ccc34)CN2C1=O)C(C)(C)C. The summed E-state index contributed by atoms with van der Waals surface area (Å²) in [4.78, 5) is 61.9. The van der Waals surface area contributed by atoms with Crippen molar-refractivity contribution >= 4 is 44.7 Å². The van der Waals surface area contributed by atoms with Gasteiger partial charge in [-0.1, -0.05) is 76.1 Å². The average Bonchev–Trinajstić information content (AvgIpc) is 3.75. The van der Waals surface area contributed by atoms with E-state index < -0.39 is 74.9 Å². The summed E-state index contributed by atoms with van der Waals surface area (Å²) in [5.41, 5.74) is 0.0644. The molecular weight excluding hydrogens is 789 g/mol. The molecule has 324 valence electrons. The van der Waals surface area contributed by atoms with Gasteiger partial charge < -0.3 is 35.4 Å². The molecule has 2 aliphatic heterocycles. The summed E-state index contributed by atoms with van der Waals surface area (Å²) in [7, 11) is -0.498. The van der Waals surface area contributed by atoms with Crippen LogP contribution < -0.4 is 25.4 Å². The minimum absolute atomic E-state index is 0.0153. The Bertz CT molecular complexity index is 2210. The summed E-state index contributed by atoms with van der Waals surface area (Å²) >= 11 is 0. The monoisotopic (exact) mass is 846 g/mol. The van der Waals surface area contributed by atoms with E-state index in [4.69, 9.17) is 14.5 Å². The number of nitrogens with one attached hydrogen (secondary N) is 3. The number of allylic oxidation sites excluding steroid dienone is 1. The molecule has 3 aliphatic rings. The molecule has 4 amide bonds. The second kappa shape index (κ2) is 18.2. The Morgan fingerprint density at radius 1 is 1.10 bits per heavy atom. The Morgan fingerprint density at radius 2 is 1.85 bits per heavy atom. The molecule has 16 heteroatoms. The fourth-order valence-corrected chi connectivity index (χ4v) is 8.79. The Hall–Kier alpha value is -5.22. The first-order valence-corrected chi connectivity index (χ1v) is 22.3. The van der Waals surface area contributed by atoms with Crippen LogP contribution in [0, 0.1) is 11.3 Å². The normalized spacial score (nSPS) is 24.9. The van der Waals surface area contributed by atoms with Crippen LogP contribution in [-0.4, -0.2) is 114 Å². The molecule has 0 bridgehead atoms. The molecule has 2 fully saturated rings. The maximum Gasteiger partial charge on any atom is 0.330 e. The molecule has 4 N–H and O–H groups in total. The number of carbonyl (C=O) groups excluding carboxylic acids is 3. The number of methoxy groups -OCH3 is 1. The number of nitrogens with zero attached hydrogens (tertiary/aromatic N) is 3. The number of ether oxygens (including phenoxy) is 2. The summed E-state index contributed by atoms with van der Waals surface area (Å²) in [6.45, 7) is 7.22. The van der Waals surface area contributed by atoms with Gasteiger partial charge in [-0.15, -0.1) is 0 Å². The van der Waals surface area contributed by atoms with Gasteiger partial charge in [0.1, 0.15) is 35.2 Å². The van der Waals surface area contributed by atoms with Crippen molar-refractivity contribution in [2.75, 3.05) is 33.0 Å². The topological polar surface area (TPSA) is 197 Å². The fourth-order valence-electron chi connectivity index (χ4n) is 7.97. The van der Waals surface area contributed by atoms with Crippen LogP contribution in [0.25, 0.3) is 22.2 Å². The molecule has 1 saturated carbocycles. The maximum atomic E-state index is 14.8. The van der Waals surface area contributed by atoms with Gasteiger partial charge >= 0.3 is 12.0 Å². The van der Waals surface area contributed by atoms with E-state index in [-0.39, 0.29) is 38.1 Å². The van der Waals surface area contributed by atoms with E-state index >= 15 is 0 Å². The molecule has 3 aromatic rings. The predicted octanol–water partition coefficient (Wildman–Crippen LogP) is 5.10. The van der Waals surface area contributed by atoms with Gasteiger partial charge in [0, 0.05) is 55.1 Å². The summed E-state index contributed by atoms with van der Waals surface area (Å²) in [5, 5.41) is 19.6. The molecule has 0 spiro atoms. The number of rotatable bonds is 11. The number of sulfonamides is 1. The highest BCUT2D eigenvalue weighted by atomic mass is 32.2. The van der Waals surface area contributed by atoms with E-state index in [1.165, 1.54) is 16.3 Å². The van der Waals surface area contributed by atoms with Gasteiger partial charge in [0.05, 0.1) is 30.6 Å². The number of hydrogen-bond acceptors (Lipinski definition) is 9. The van der Waals surface area contributed by atoms with Crippen LogP contribution in [0.4, 0.5) is 4.79 Å². The Labute approximate surface area is 352 Å². The quantitative estimate of drug-likeness (QED) is 0.189. The molecule has 6 atom stereocenters. The van der Waals surface area contributed by atoms with E-state index in [0.717, 1.165) is 18.4 Å². The Morgan fingerprint density at radius 3 is 2.53 bits per heavy atom. The molecule has 15 nitrogen and oxygen atoms in total. The van der Waals surface area contributed by atoms with Crippen molar-refractivity contribution in [2.45, 2.75) is 102 Å². The molecule has 1 aromatic heterocycles. The number of carboxylic acid groups (broad SMARTS) is 1. The summed E-state index contributed by atoms with van der Waals surface area (Å²) in [5.74, 6) is -1.67. The molecule has 1 aliphatic carbocycles. The van der Waals surface area contributed by atoms with Crippen molar-refractivity contribution in [1.82, 2.24) is 30.1 Å². The maximum absolute atomic E-state index is 14.8. The first-order valence-electron chi connectivity index (χ1n) is 20.7. The highest BCUT2D eigenvalue weighted by molar-refractivity contribution is 7.89. The second-order valence-corrected chi connectivity index (χ2v) is 19.5. The highest BCUT2D eigenvalue weighted by Crippen LogP contribution is 2.45. The largest absolute Gasteiger partial charge is 0.497 e. The second-order valence-electron chi connectivity index (χ2n) is 17.1. The van der Waals surface area contributed by atoms with Crippen LogP contribution in [-0.2, 0) is 24.4 Å². The Kier molecular flexibility index (Phi) is 13.4. The molecule has 2 aromatic carbocycles. The zero-order chi connectivity index (χ0) is 43.4. The van der Waals surface area contributed by atoms with Crippen LogP contribution in [0.15, 0.2) is 66.7 Å². The fraction of sp³-hybridized carbons (Fsp3) is 0.523. The van der Waals surface area contributed by atoms with Gasteiger partial charge in [-0.05, 0) is 50.2 Å². The Balaban J connectivity index is 1.32. The van der Waals surface area contributed by atoms with Gasteiger partial charge in [0.25, 0.3) is 0 Å². The number of aromatic nitrogens is 1. The number of hydrogen-bond donors (Lipinski definition) is 4. The number of carboxylic acids is 1. The lowest BCUT2D eigenvalue weighted by atomic mass is 9.87. The number of likely N-dealkylation sites (N-methyl/N-ethyl adjacent to an activating group) is 1. The summed E-state index contributed by atoms with van der Waals surface area (Å²) in [6, 6.07) is 13.4. The number of pyridine rings is 1. The molecule has 3 heterocycles. The lowest BCUT2D eigenvalue weighted by Gasteiger charge is -2.35. The van der Waals surface area contributed by atoms with Crippen LogP contribution in [0.3, 0.4) is 0 Å². The van der Waals surface area contributed by atoms with E-state index in [1.54, 1.807) is 20.1 Å². The standard InChI is InChI=1S/C44H58N6O9S/c1-7-60(56,57)49(5)27-38(43(2,3)4)47-42(55)46-33-19-15-10-8-9-14-18-29-25-44(29,41(53)54)48-39(51)36-23-31(26-50(36)40(33)52)59-37-24-34(28-16-12-11-13-17-28)45-35-22-30(58-6)20-21-32(35)37/h11-14,16-18,20-22,24,29,31,33,36,38H,7-10,15,19,23,25-27H2,1-6H3,(H,48,51)(H,53,54)(H2,46,47,55)/b18-14-/t29?,31?,33-,36-,38?,44+/m0/s1. The van der Waals surface area contributed by atoms with Crippen molar-refractivity contribution in [3.05, 3.63) is 66.7 Å². The van der Waals surface area contributed by atoms with E-state index in [0.29, 0.717) is 40.9 Å². The zero-order valence-electron chi connectivity index (χ0n) is 35.3. The van der Waals surface area contributed by atoms with Crippen LogP contribution in [0.5, 0.6) is 11.5 Å². The zero-order valence-corrected chi connectivity index (χ0v) is 36.1. The van der Waals surface area contributed by atoms with E-state index in [1.807, 2.05) is 81.5 Å². The number of urea groups is 1. The highest BCUT2D eigenvalue weighted by Gasteiger charge is 2.61. The van der Waals surface area contributed by atoms with Crippen molar-refractivity contribution in [2.24, 2.45) is 11.3 Å². The number of benzene rings is 2. The predicted molar refractivity (Wildman–Crippen MR) is 228 cm³/mol. The average molecular weight is 847 g/mol. The van der Waals surface area contributed by atoms with Crippen LogP contribution in [0.2, 0.25) is 0 Å². The number of carbonyl (C=O) groups is 4. The third-order valence-corrected chi connectivity index (χ3v) is 13.7. The van der Waals surface area contributed by atoms with Crippen molar-refractivity contribution in [3.63, 3.8) is 0 Å². The van der Waals surface area contributed by atoms with Gasteiger partial charge in [-0.2, -0.15) is 0 Å². The third kappa shape index (κ3) is 10.0. The van der Waals surface area contributed by atoms with Gasteiger partial charge in [0.15, 0.2) is 0 Å². The first kappa shape index (κ1) is 44.3. The third-order valence-electron chi connectivity index (χ3n) is 11.9. The van der Waals surface area contributed by atoms with Gasteiger partial charge in [0.2, 0.25) is 21.8 Å². The molecule has 6 rings (SSSR count). The minimum Gasteiger partial charge on any atom is -0.497 e.